The number of nitrogens with zero attached hydrogens (tertiary/aromatic N) is 4. The second-order valence-corrected chi connectivity index (χ2v) is 12.0. The zero-order valence-corrected chi connectivity index (χ0v) is 23.1. The number of nitriles is 1. The first-order chi connectivity index (χ1) is 19.0. The van der Waals surface area contributed by atoms with Crippen LogP contribution in [0.2, 0.25) is 0 Å². The minimum absolute atomic E-state index is 0.0598. The lowest BCUT2D eigenvalue weighted by Gasteiger charge is -2.41. The van der Waals surface area contributed by atoms with Crippen molar-refractivity contribution in [2.75, 3.05) is 50.0 Å². The Morgan fingerprint density at radius 2 is 1.90 bits per heavy atom. The molecule has 1 aromatic carbocycles. The van der Waals surface area contributed by atoms with E-state index in [1.807, 2.05) is 6.07 Å². The maximum absolute atomic E-state index is 13.0. The summed E-state index contributed by atoms with van der Waals surface area (Å²) in [6, 6.07) is 6.65. The first kappa shape index (κ1) is 31.7. The summed E-state index contributed by atoms with van der Waals surface area (Å²) in [5, 5.41) is 12.4. The molecule has 16 heteroatoms. The number of aromatic nitrogens is 1. The summed E-state index contributed by atoms with van der Waals surface area (Å²) in [7, 11) is -3.41. The second-order valence-electron chi connectivity index (χ2n) is 8.74. The van der Waals surface area contributed by atoms with Crippen molar-refractivity contribution in [3.8, 4) is 6.07 Å². The lowest BCUT2D eigenvalue weighted by Crippen LogP contribution is -2.55. The number of carbonyl (C=O) groups excluding carboxylic acids is 1. The summed E-state index contributed by atoms with van der Waals surface area (Å²) in [5.41, 5.74) is 0.547. The number of rotatable bonds is 14. The summed E-state index contributed by atoms with van der Waals surface area (Å²) in [5.74, 6) is -0.576. The van der Waals surface area contributed by atoms with Gasteiger partial charge in [-0.25, -0.2) is 13.4 Å². The molecule has 1 aliphatic rings. The third kappa shape index (κ3) is 8.83. The van der Waals surface area contributed by atoms with Crippen molar-refractivity contribution >= 4 is 32.2 Å². The molecule has 3 rings (SSSR count). The zero-order valence-electron chi connectivity index (χ0n) is 21.5. The normalized spacial score (nSPS) is 17.2. The van der Waals surface area contributed by atoms with E-state index in [1.165, 1.54) is 25.3 Å². The van der Waals surface area contributed by atoms with Crippen LogP contribution >= 0.6 is 11.3 Å². The van der Waals surface area contributed by atoms with Crippen molar-refractivity contribution in [1.82, 2.24) is 15.2 Å². The van der Waals surface area contributed by atoms with Crippen molar-refractivity contribution in [3.63, 3.8) is 0 Å². The molecule has 0 spiro atoms. The minimum Gasteiger partial charge on any atom is -0.343 e. The Balaban J connectivity index is 1.70. The van der Waals surface area contributed by atoms with Gasteiger partial charge in [-0.2, -0.15) is 22.8 Å². The molecule has 1 N–H and O–H groups in total. The summed E-state index contributed by atoms with van der Waals surface area (Å²) in [6.07, 6.45) is 1.27. The van der Waals surface area contributed by atoms with Crippen LogP contribution in [0.3, 0.4) is 0 Å². The van der Waals surface area contributed by atoms with Gasteiger partial charge in [0.1, 0.15) is 4.88 Å². The number of carbonyl (C=O) groups is 1. The van der Waals surface area contributed by atoms with Gasteiger partial charge in [-0.3, -0.25) is 9.69 Å². The van der Waals surface area contributed by atoms with Crippen molar-refractivity contribution < 1.29 is 40.2 Å². The van der Waals surface area contributed by atoms with E-state index in [9.17, 15) is 36.0 Å². The predicted molar refractivity (Wildman–Crippen MR) is 138 cm³/mol. The van der Waals surface area contributed by atoms with Gasteiger partial charge in [0.15, 0.2) is 15.0 Å². The monoisotopic (exact) mass is 607 g/mol. The van der Waals surface area contributed by atoms with Gasteiger partial charge >= 0.3 is 13.2 Å². The summed E-state index contributed by atoms with van der Waals surface area (Å²) in [4.78, 5) is 21.2. The van der Waals surface area contributed by atoms with Gasteiger partial charge in [0.05, 0.1) is 54.6 Å². The fraction of sp³-hybridized carbons (Fsp3) is 0.542. The molecule has 1 aromatic heterocycles. The van der Waals surface area contributed by atoms with E-state index >= 15 is 0 Å². The molecule has 0 unspecified atom stereocenters. The predicted octanol–water partition coefficient (Wildman–Crippen LogP) is 3.29. The van der Waals surface area contributed by atoms with Crippen molar-refractivity contribution in [2.24, 2.45) is 0 Å². The first-order valence-electron chi connectivity index (χ1n) is 12.3. The first-order valence-corrected chi connectivity index (χ1v) is 14.8. The number of nitrogens with one attached hydrogen (secondary N) is 1. The number of sulfone groups is 1. The average molecular weight is 608 g/mol. The van der Waals surface area contributed by atoms with Gasteiger partial charge in [-0.1, -0.05) is 30.4 Å². The van der Waals surface area contributed by atoms with Gasteiger partial charge < -0.3 is 19.7 Å². The molecule has 2 atom stereocenters. The average Bonchev–Trinajstić information content (AvgIpc) is 3.42. The number of amides is 1. The van der Waals surface area contributed by atoms with E-state index in [1.54, 1.807) is 21.9 Å². The number of hydrogen-bond acceptors (Lipinski definition) is 10. The fourth-order valence-electron chi connectivity index (χ4n) is 4.12. The van der Waals surface area contributed by atoms with Crippen LogP contribution in [0.25, 0.3) is 0 Å². The largest absolute Gasteiger partial charge is 0.345 e. The summed E-state index contributed by atoms with van der Waals surface area (Å²) in [6.45, 7) is -3.77. The maximum Gasteiger partial charge on any atom is 0.345 e. The molecule has 10 nitrogen and oxygen atoms in total. The molecule has 0 aliphatic carbocycles. The van der Waals surface area contributed by atoms with Crippen LogP contribution in [0.5, 0.6) is 0 Å². The Labute approximate surface area is 233 Å². The second kappa shape index (κ2) is 14.7. The van der Waals surface area contributed by atoms with E-state index < -0.39 is 41.1 Å². The Morgan fingerprint density at radius 3 is 2.52 bits per heavy atom. The fourth-order valence-corrected chi connectivity index (χ4v) is 5.92. The van der Waals surface area contributed by atoms with Crippen molar-refractivity contribution in [3.05, 3.63) is 40.9 Å². The summed E-state index contributed by atoms with van der Waals surface area (Å²) < 4.78 is 83.1. The highest BCUT2D eigenvalue weighted by molar-refractivity contribution is 7.91. The number of hydrogen-bond donors (Lipinski definition) is 1. The SMILES string of the molecule is CCS(=O)(=O)c1ccc([C@H](CC#N)NC(=O)c2cnc(N3CCN(CCOC(F)F)C[C@H]3COC(F)F)s2)cc1. The van der Waals surface area contributed by atoms with Gasteiger partial charge in [0.2, 0.25) is 0 Å². The molecule has 2 heterocycles. The molecule has 0 radical (unpaired) electrons. The molecular formula is C24H29F4N5O5S2. The topological polar surface area (TPSA) is 125 Å². The van der Waals surface area contributed by atoms with Crippen LogP contribution in [-0.2, 0) is 19.3 Å². The van der Waals surface area contributed by atoms with E-state index in [4.69, 9.17) is 0 Å². The zero-order chi connectivity index (χ0) is 29.3. The van der Waals surface area contributed by atoms with Gasteiger partial charge in [-0.15, -0.1) is 0 Å². The van der Waals surface area contributed by atoms with Gasteiger partial charge in [-0.05, 0) is 17.7 Å². The van der Waals surface area contributed by atoms with Crippen molar-refractivity contribution in [2.45, 2.75) is 43.5 Å². The van der Waals surface area contributed by atoms with E-state index in [0.717, 1.165) is 11.3 Å². The molecule has 1 aliphatic heterocycles. The third-order valence-electron chi connectivity index (χ3n) is 6.22. The van der Waals surface area contributed by atoms with E-state index in [0.29, 0.717) is 23.8 Å². The Bertz CT molecular complexity index is 1260. The number of halogens is 4. The van der Waals surface area contributed by atoms with E-state index in [2.05, 4.69) is 19.8 Å². The number of alkyl halides is 4. The molecule has 1 amide bonds. The van der Waals surface area contributed by atoms with Gasteiger partial charge in [0.25, 0.3) is 5.91 Å². The van der Waals surface area contributed by atoms with Crippen LogP contribution in [0.15, 0.2) is 35.4 Å². The third-order valence-corrected chi connectivity index (χ3v) is 9.00. The minimum atomic E-state index is -3.41. The van der Waals surface area contributed by atoms with Crippen LogP contribution in [0.1, 0.15) is 34.6 Å². The smallest absolute Gasteiger partial charge is 0.343 e. The highest BCUT2D eigenvalue weighted by Gasteiger charge is 2.31. The molecule has 40 heavy (non-hydrogen) atoms. The lowest BCUT2D eigenvalue weighted by atomic mass is 10.0. The molecule has 1 fully saturated rings. The quantitative estimate of drug-likeness (QED) is 0.322. The molecule has 0 saturated carbocycles. The molecule has 2 aromatic rings. The number of benzene rings is 1. The summed E-state index contributed by atoms with van der Waals surface area (Å²) >= 11 is 1.03. The van der Waals surface area contributed by atoms with Crippen LogP contribution in [0.4, 0.5) is 22.7 Å². The number of thiazole rings is 1. The van der Waals surface area contributed by atoms with E-state index in [-0.39, 0.29) is 48.2 Å². The molecular weight excluding hydrogens is 578 g/mol. The molecule has 0 bridgehead atoms. The van der Waals surface area contributed by atoms with Crippen molar-refractivity contribution in [1.29, 1.82) is 5.26 Å². The van der Waals surface area contributed by atoms with Gasteiger partial charge in [0, 0.05) is 26.2 Å². The highest BCUT2D eigenvalue weighted by atomic mass is 32.2. The Kier molecular flexibility index (Phi) is 11.6. The Morgan fingerprint density at radius 1 is 1.20 bits per heavy atom. The number of anilines is 1. The van der Waals surface area contributed by atoms with Crippen LogP contribution < -0.4 is 10.2 Å². The van der Waals surface area contributed by atoms with Crippen LogP contribution in [-0.4, -0.2) is 88.6 Å². The number of piperazine rings is 1. The molecule has 1 saturated heterocycles. The standard InChI is InChI=1S/C24H29F4N5O5S2/c1-2-40(35,36)18-5-3-16(4-6-18)19(7-8-29)31-21(34)20-13-30-24(39-20)33-10-9-32(11-12-37-22(25)26)14-17(33)15-38-23(27)28/h3-6,13,17,19,22-23H,2,7,9-12,14-15H2,1H3,(H,31,34)/t17-,19-/m0/s1. The van der Waals surface area contributed by atoms with Crippen LogP contribution in [0, 0.1) is 11.3 Å². The maximum atomic E-state index is 13.0. The number of ether oxygens (including phenoxy) is 2. The highest BCUT2D eigenvalue weighted by Crippen LogP contribution is 2.28. The molecule has 220 valence electrons. The lowest BCUT2D eigenvalue weighted by molar-refractivity contribution is -0.139. The Hall–Kier alpha value is -2.84.